The van der Waals surface area contributed by atoms with Crippen molar-refractivity contribution >= 4 is 12.1 Å². The Morgan fingerprint density at radius 1 is 0.897 bits per heavy atom. The molecule has 0 aliphatic heterocycles. The normalized spacial score (nSPS) is 10.6. The van der Waals surface area contributed by atoms with E-state index in [1.54, 1.807) is 26.4 Å². The molecular formula is C23H22N2O4. The molecule has 29 heavy (non-hydrogen) atoms. The maximum atomic E-state index is 11.9. The van der Waals surface area contributed by atoms with Gasteiger partial charge in [-0.3, -0.25) is 4.79 Å². The Kier molecular flexibility index (Phi) is 6.84. The van der Waals surface area contributed by atoms with Crippen LogP contribution in [0.4, 0.5) is 0 Å². The van der Waals surface area contributed by atoms with Gasteiger partial charge in [0.15, 0.2) is 18.1 Å². The largest absolute Gasteiger partial charge is 0.493 e. The Bertz CT molecular complexity index is 970. The van der Waals surface area contributed by atoms with Crippen LogP contribution in [0.2, 0.25) is 0 Å². The van der Waals surface area contributed by atoms with Crippen LogP contribution in [0.15, 0.2) is 77.9 Å². The first kappa shape index (κ1) is 19.9. The standard InChI is InChI=1S/C23H22N2O4/c1-27-21-13-8-17(14-22(21)28-2)15-24-25-23(26)16-29-20-11-9-19(10-12-20)18-6-4-3-5-7-18/h3-15H,16H2,1-2H3,(H,25,26)/b24-15-. The zero-order valence-corrected chi connectivity index (χ0v) is 16.3. The molecule has 0 aromatic heterocycles. The van der Waals surface area contributed by atoms with Gasteiger partial charge in [-0.1, -0.05) is 42.5 Å². The van der Waals surface area contributed by atoms with Crippen LogP contribution in [0, 0.1) is 0 Å². The van der Waals surface area contributed by atoms with Crippen molar-refractivity contribution in [2.24, 2.45) is 5.10 Å². The van der Waals surface area contributed by atoms with E-state index in [0.717, 1.165) is 16.7 Å². The van der Waals surface area contributed by atoms with E-state index in [2.05, 4.69) is 10.5 Å². The summed E-state index contributed by atoms with van der Waals surface area (Å²) in [6.07, 6.45) is 1.52. The number of carbonyl (C=O) groups excluding carboxylic acids is 1. The van der Waals surface area contributed by atoms with Gasteiger partial charge in [0.05, 0.1) is 20.4 Å². The second-order valence-electron chi connectivity index (χ2n) is 6.09. The van der Waals surface area contributed by atoms with E-state index >= 15 is 0 Å². The van der Waals surface area contributed by atoms with Crippen molar-refractivity contribution in [1.82, 2.24) is 5.43 Å². The number of hydrogen-bond donors (Lipinski definition) is 1. The number of amides is 1. The van der Waals surface area contributed by atoms with Crippen molar-refractivity contribution in [3.8, 4) is 28.4 Å². The summed E-state index contributed by atoms with van der Waals surface area (Å²) in [6.45, 7) is -0.131. The third kappa shape index (κ3) is 5.59. The fourth-order valence-electron chi connectivity index (χ4n) is 2.67. The SMILES string of the molecule is COc1ccc(/C=N\NC(=O)COc2ccc(-c3ccccc3)cc2)cc1OC. The van der Waals surface area contributed by atoms with Crippen molar-refractivity contribution in [2.45, 2.75) is 0 Å². The van der Waals surface area contributed by atoms with Crippen LogP contribution in [0.1, 0.15) is 5.56 Å². The maximum Gasteiger partial charge on any atom is 0.277 e. The molecular weight excluding hydrogens is 368 g/mol. The molecule has 0 saturated carbocycles. The Labute approximate surface area is 169 Å². The van der Waals surface area contributed by atoms with Gasteiger partial charge in [0, 0.05) is 0 Å². The van der Waals surface area contributed by atoms with Gasteiger partial charge in [-0.15, -0.1) is 0 Å². The van der Waals surface area contributed by atoms with E-state index in [4.69, 9.17) is 14.2 Å². The zero-order valence-electron chi connectivity index (χ0n) is 16.3. The van der Waals surface area contributed by atoms with Gasteiger partial charge in [-0.25, -0.2) is 5.43 Å². The molecule has 6 nitrogen and oxygen atoms in total. The van der Waals surface area contributed by atoms with E-state index in [9.17, 15) is 4.79 Å². The fourth-order valence-corrected chi connectivity index (χ4v) is 2.67. The number of hydrogen-bond acceptors (Lipinski definition) is 5. The van der Waals surface area contributed by atoms with Crippen molar-refractivity contribution in [3.05, 3.63) is 78.4 Å². The van der Waals surface area contributed by atoms with Crippen LogP contribution in [0.3, 0.4) is 0 Å². The predicted octanol–water partition coefficient (Wildman–Crippen LogP) is 3.90. The molecule has 0 spiro atoms. The number of hydrazone groups is 1. The number of nitrogens with one attached hydrogen (secondary N) is 1. The molecule has 3 rings (SSSR count). The summed E-state index contributed by atoms with van der Waals surface area (Å²) >= 11 is 0. The third-order valence-electron chi connectivity index (χ3n) is 4.14. The first-order valence-corrected chi connectivity index (χ1v) is 9.02. The number of benzene rings is 3. The van der Waals surface area contributed by atoms with Crippen LogP contribution in [-0.4, -0.2) is 32.9 Å². The number of ether oxygens (including phenoxy) is 3. The lowest BCUT2D eigenvalue weighted by Crippen LogP contribution is -2.24. The minimum absolute atomic E-state index is 0.131. The lowest BCUT2D eigenvalue weighted by Gasteiger charge is -2.08. The minimum Gasteiger partial charge on any atom is -0.493 e. The highest BCUT2D eigenvalue weighted by atomic mass is 16.5. The molecule has 1 N–H and O–H groups in total. The van der Waals surface area contributed by atoms with Gasteiger partial charge in [-0.05, 0) is 47.0 Å². The van der Waals surface area contributed by atoms with Gasteiger partial charge in [0.2, 0.25) is 0 Å². The van der Waals surface area contributed by atoms with E-state index in [-0.39, 0.29) is 12.5 Å². The van der Waals surface area contributed by atoms with E-state index in [1.807, 2.05) is 60.7 Å². The Hall–Kier alpha value is -3.80. The number of rotatable bonds is 8. The molecule has 1 amide bonds. The highest BCUT2D eigenvalue weighted by molar-refractivity contribution is 5.83. The summed E-state index contributed by atoms with van der Waals surface area (Å²) in [4.78, 5) is 11.9. The van der Waals surface area contributed by atoms with Crippen LogP contribution in [0.25, 0.3) is 11.1 Å². The second kappa shape index (κ2) is 9.94. The number of carbonyl (C=O) groups is 1. The topological polar surface area (TPSA) is 69.2 Å². The van der Waals surface area contributed by atoms with E-state index < -0.39 is 0 Å². The van der Waals surface area contributed by atoms with Crippen LogP contribution >= 0.6 is 0 Å². The van der Waals surface area contributed by atoms with Crippen molar-refractivity contribution in [2.75, 3.05) is 20.8 Å². The molecule has 6 heteroatoms. The quantitative estimate of drug-likeness (QED) is 0.468. The highest BCUT2D eigenvalue weighted by Crippen LogP contribution is 2.26. The number of methoxy groups -OCH3 is 2. The van der Waals surface area contributed by atoms with Crippen molar-refractivity contribution in [3.63, 3.8) is 0 Å². The Morgan fingerprint density at radius 3 is 2.28 bits per heavy atom. The lowest BCUT2D eigenvalue weighted by molar-refractivity contribution is -0.123. The molecule has 3 aromatic carbocycles. The third-order valence-corrected chi connectivity index (χ3v) is 4.14. The molecule has 0 fully saturated rings. The molecule has 3 aromatic rings. The number of nitrogens with zero attached hydrogens (tertiary/aromatic N) is 1. The van der Waals surface area contributed by atoms with Gasteiger partial charge in [0.25, 0.3) is 5.91 Å². The molecule has 148 valence electrons. The molecule has 0 aliphatic carbocycles. The molecule has 0 unspecified atom stereocenters. The molecule has 0 heterocycles. The summed E-state index contributed by atoms with van der Waals surface area (Å²) < 4.78 is 15.9. The smallest absolute Gasteiger partial charge is 0.277 e. The lowest BCUT2D eigenvalue weighted by atomic mass is 10.1. The minimum atomic E-state index is -0.353. The molecule has 0 atom stereocenters. The van der Waals surface area contributed by atoms with Crippen molar-refractivity contribution < 1.29 is 19.0 Å². The van der Waals surface area contributed by atoms with E-state index in [0.29, 0.717) is 17.2 Å². The molecule has 0 bridgehead atoms. The maximum absolute atomic E-state index is 11.9. The monoisotopic (exact) mass is 390 g/mol. The van der Waals surface area contributed by atoms with Crippen molar-refractivity contribution in [1.29, 1.82) is 0 Å². The molecule has 0 aliphatic rings. The zero-order chi connectivity index (χ0) is 20.5. The predicted molar refractivity (Wildman–Crippen MR) is 113 cm³/mol. The van der Waals surface area contributed by atoms with Gasteiger partial charge >= 0.3 is 0 Å². The Balaban J connectivity index is 1.49. The summed E-state index contributed by atoms with van der Waals surface area (Å²) in [5.74, 6) is 1.47. The average Bonchev–Trinajstić information content (AvgIpc) is 2.78. The van der Waals surface area contributed by atoms with Crippen LogP contribution in [-0.2, 0) is 4.79 Å². The second-order valence-corrected chi connectivity index (χ2v) is 6.09. The van der Waals surface area contributed by atoms with E-state index in [1.165, 1.54) is 6.21 Å². The summed E-state index contributed by atoms with van der Waals surface area (Å²) in [5, 5.41) is 3.94. The van der Waals surface area contributed by atoms with Gasteiger partial charge in [-0.2, -0.15) is 5.10 Å². The van der Waals surface area contributed by atoms with Crippen LogP contribution < -0.4 is 19.6 Å². The molecule has 0 saturated heterocycles. The first-order valence-electron chi connectivity index (χ1n) is 9.02. The van der Waals surface area contributed by atoms with Gasteiger partial charge in [0.1, 0.15) is 5.75 Å². The van der Waals surface area contributed by atoms with Gasteiger partial charge < -0.3 is 14.2 Å². The average molecular weight is 390 g/mol. The summed E-state index contributed by atoms with van der Waals surface area (Å²) in [7, 11) is 3.13. The summed E-state index contributed by atoms with van der Waals surface area (Å²) in [6, 6.07) is 23.0. The Morgan fingerprint density at radius 2 is 1.59 bits per heavy atom. The summed E-state index contributed by atoms with van der Waals surface area (Å²) in [5.41, 5.74) is 5.41. The first-order chi connectivity index (χ1) is 14.2. The van der Waals surface area contributed by atoms with Crippen LogP contribution in [0.5, 0.6) is 17.2 Å². The fraction of sp³-hybridized carbons (Fsp3) is 0.130. The molecule has 0 radical (unpaired) electrons. The highest BCUT2D eigenvalue weighted by Gasteiger charge is 2.04.